The quantitative estimate of drug-likeness (QED) is 0.893. The van der Waals surface area contributed by atoms with Gasteiger partial charge in [-0.2, -0.15) is 0 Å². The van der Waals surface area contributed by atoms with Crippen molar-refractivity contribution in [1.29, 1.82) is 0 Å². The van der Waals surface area contributed by atoms with E-state index in [1.54, 1.807) is 12.1 Å². The number of halogens is 2. The number of nitrogens with two attached hydrogens (primary N) is 1. The Morgan fingerprint density at radius 2 is 2.33 bits per heavy atom. The first-order valence-corrected chi connectivity index (χ1v) is 7.28. The Bertz CT molecular complexity index is 393. The molecule has 1 aromatic carbocycles. The van der Waals surface area contributed by atoms with Gasteiger partial charge in [-0.3, -0.25) is 0 Å². The Hall–Kier alpha value is -0.450. The van der Waals surface area contributed by atoms with E-state index in [1.807, 2.05) is 0 Å². The molecule has 4 heteroatoms. The van der Waals surface area contributed by atoms with Crippen LogP contribution in [0.15, 0.2) is 22.7 Å². The van der Waals surface area contributed by atoms with Crippen LogP contribution in [0.25, 0.3) is 0 Å². The van der Waals surface area contributed by atoms with E-state index in [2.05, 4.69) is 15.9 Å². The minimum atomic E-state index is -0.232. The summed E-state index contributed by atoms with van der Waals surface area (Å²) in [5.74, 6) is -0.220. The first-order valence-electron chi connectivity index (χ1n) is 6.49. The van der Waals surface area contributed by atoms with Gasteiger partial charge in [0.1, 0.15) is 5.82 Å². The molecule has 2 N–H and O–H groups in total. The van der Waals surface area contributed by atoms with Crippen LogP contribution in [-0.2, 0) is 4.74 Å². The number of hydrogen-bond donors (Lipinski definition) is 1. The number of rotatable bonds is 5. The van der Waals surface area contributed by atoms with Crippen molar-refractivity contribution >= 4 is 15.9 Å². The van der Waals surface area contributed by atoms with E-state index in [9.17, 15) is 4.39 Å². The lowest BCUT2D eigenvalue weighted by atomic mass is 9.99. The summed E-state index contributed by atoms with van der Waals surface area (Å²) in [5.41, 5.74) is 6.64. The molecule has 1 heterocycles. The molecule has 18 heavy (non-hydrogen) atoms. The van der Waals surface area contributed by atoms with Crippen molar-refractivity contribution in [3.05, 3.63) is 34.1 Å². The molecular weight excluding hydrogens is 297 g/mol. The van der Waals surface area contributed by atoms with Crippen LogP contribution in [0.3, 0.4) is 0 Å². The molecule has 2 rings (SSSR count). The molecule has 0 bridgehead atoms. The second-order valence-corrected chi connectivity index (χ2v) is 5.75. The molecule has 1 aromatic rings. The Morgan fingerprint density at radius 1 is 1.50 bits per heavy atom. The number of benzene rings is 1. The van der Waals surface area contributed by atoms with Gasteiger partial charge < -0.3 is 10.5 Å². The lowest BCUT2D eigenvalue weighted by Gasteiger charge is -2.15. The third kappa shape index (κ3) is 3.77. The van der Waals surface area contributed by atoms with Crippen LogP contribution in [-0.4, -0.2) is 12.7 Å². The standard InChI is InChI=1S/C14H19BrFNO/c15-10-6-7-13(16)12(9-10)14(17)5-1-3-11-4-2-8-18-11/h6-7,9,11,14H,1-5,8,17H2. The molecule has 1 aliphatic rings. The highest BCUT2D eigenvalue weighted by Crippen LogP contribution is 2.25. The lowest BCUT2D eigenvalue weighted by Crippen LogP contribution is -2.13. The number of hydrogen-bond acceptors (Lipinski definition) is 2. The van der Waals surface area contributed by atoms with E-state index in [1.165, 1.54) is 6.07 Å². The Balaban J connectivity index is 1.83. The Kier molecular flexibility index (Phi) is 5.15. The van der Waals surface area contributed by atoms with Gasteiger partial charge >= 0.3 is 0 Å². The summed E-state index contributed by atoms with van der Waals surface area (Å²) in [6.07, 6.45) is 5.52. The monoisotopic (exact) mass is 315 g/mol. The van der Waals surface area contributed by atoms with Gasteiger partial charge in [0.15, 0.2) is 0 Å². The summed E-state index contributed by atoms with van der Waals surface area (Å²) in [6, 6.07) is 4.69. The zero-order chi connectivity index (χ0) is 13.0. The summed E-state index contributed by atoms with van der Waals surface area (Å²) in [7, 11) is 0. The van der Waals surface area contributed by atoms with Gasteiger partial charge in [-0.25, -0.2) is 4.39 Å². The minimum absolute atomic E-state index is 0.220. The van der Waals surface area contributed by atoms with E-state index >= 15 is 0 Å². The summed E-state index contributed by atoms with van der Waals surface area (Å²) in [6.45, 7) is 0.886. The van der Waals surface area contributed by atoms with E-state index < -0.39 is 0 Å². The second kappa shape index (κ2) is 6.64. The molecule has 0 aromatic heterocycles. The lowest BCUT2D eigenvalue weighted by molar-refractivity contribution is 0.101. The van der Waals surface area contributed by atoms with Gasteiger partial charge in [0.2, 0.25) is 0 Å². The van der Waals surface area contributed by atoms with E-state index in [-0.39, 0.29) is 11.9 Å². The first kappa shape index (κ1) is 14.0. The third-order valence-corrected chi connectivity index (χ3v) is 3.92. The van der Waals surface area contributed by atoms with Gasteiger partial charge in [0.05, 0.1) is 6.10 Å². The van der Waals surface area contributed by atoms with Gasteiger partial charge in [-0.05, 0) is 50.3 Å². The summed E-state index contributed by atoms with van der Waals surface area (Å²) >= 11 is 3.34. The van der Waals surface area contributed by atoms with Crippen molar-refractivity contribution in [3.8, 4) is 0 Å². The highest BCUT2D eigenvalue weighted by Gasteiger charge is 2.17. The van der Waals surface area contributed by atoms with Crippen molar-refractivity contribution in [2.45, 2.75) is 44.2 Å². The van der Waals surface area contributed by atoms with Crippen LogP contribution >= 0.6 is 15.9 Å². The van der Waals surface area contributed by atoms with Crippen LogP contribution in [0.5, 0.6) is 0 Å². The van der Waals surface area contributed by atoms with Crippen molar-refractivity contribution in [3.63, 3.8) is 0 Å². The van der Waals surface area contributed by atoms with E-state index in [0.717, 1.165) is 43.2 Å². The predicted molar refractivity (Wildman–Crippen MR) is 73.9 cm³/mol. The largest absolute Gasteiger partial charge is 0.378 e. The fourth-order valence-corrected chi connectivity index (χ4v) is 2.77. The summed E-state index contributed by atoms with van der Waals surface area (Å²) in [5, 5.41) is 0. The van der Waals surface area contributed by atoms with Crippen LogP contribution in [0.2, 0.25) is 0 Å². The molecule has 2 unspecified atom stereocenters. The average molecular weight is 316 g/mol. The molecule has 1 saturated heterocycles. The molecule has 1 fully saturated rings. The van der Waals surface area contributed by atoms with E-state index in [4.69, 9.17) is 10.5 Å². The molecule has 0 radical (unpaired) electrons. The fraction of sp³-hybridized carbons (Fsp3) is 0.571. The summed E-state index contributed by atoms with van der Waals surface area (Å²) < 4.78 is 20.1. The normalized spacial score (nSPS) is 21.2. The van der Waals surface area contributed by atoms with E-state index in [0.29, 0.717) is 11.7 Å². The molecule has 0 saturated carbocycles. The fourth-order valence-electron chi connectivity index (χ4n) is 2.39. The maximum absolute atomic E-state index is 13.6. The Labute approximate surface area is 116 Å². The second-order valence-electron chi connectivity index (χ2n) is 4.84. The molecular formula is C14H19BrFNO. The maximum Gasteiger partial charge on any atom is 0.128 e. The average Bonchev–Trinajstić information content (AvgIpc) is 2.85. The molecule has 0 aliphatic carbocycles. The topological polar surface area (TPSA) is 35.2 Å². The molecule has 2 atom stereocenters. The number of ether oxygens (including phenoxy) is 1. The Morgan fingerprint density at radius 3 is 3.06 bits per heavy atom. The zero-order valence-corrected chi connectivity index (χ0v) is 12.0. The predicted octanol–water partition coefficient (Wildman–Crippen LogP) is 3.94. The molecule has 2 nitrogen and oxygen atoms in total. The molecule has 1 aliphatic heterocycles. The zero-order valence-electron chi connectivity index (χ0n) is 10.4. The highest BCUT2D eigenvalue weighted by molar-refractivity contribution is 9.10. The minimum Gasteiger partial charge on any atom is -0.378 e. The van der Waals surface area contributed by atoms with Gasteiger partial charge in [0, 0.05) is 22.7 Å². The maximum atomic E-state index is 13.6. The first-order chi connectivity index (χ1) is 8.66. The molecule has 0 spiro atoms. The van der Waals surface area contributed by atoms with Gasteiger partial charge in [-0.1, -0.05) is 15.9 Å². The van der Waals surface area contributed by atoms with Gasteiger partial charge in [-0.15, -0.1) is 0 Å². The third-order valence-electron chi connectivity index (χ3n) is 3.42. The summed E-state index contributed by atoms with van der Waals surface area (Å²) in [4.78, 5) is 0. The van der Waals surface area contributed by atoms with Gasteiger partial charge in [0.25, 0.3) is 0 Å². The van der Waals surface area contributed by atoms with Crippen molar-refractivity contribution in [1.82, 2.24) is 0 Å². The van der Waals surface area contributed by atoms with Crippen molar-refractivity contribution < 1.29 is 9.13 Å². The smallest absolute Gasteiger partial charge is 0.128 e. The van der Waals surface area contributed by atoms with Crippen molar-refractivity contribution in [2.75, 3.05) is 6.61 Å². The molecule has 100 valence electrons. The van der Waals surface area contributed by atoms with Crippen LogP contribution in [0.4, 0.5) is 4.39 Å². The highest BCUT2D eigenvalue weighted by atomic mass is 79.9. The van der Waals surface area contributed by atoms with Crippen LogP contribution < -0.4 is 5.73 Å². The van der Waals surface area contributed by atoms with Crippen LogP contribution in [0, 0.1) is 5.82 Å². The van der Waals surface area contributed by atoms with Crippen molar-refractivity contribution in [2.24, 2.45) is 5.73 Å². The SMILES string of the molecule is NC(CCCC1CCCO1)c1cc(Br)ccc1F. The molecule has 0 amide bonds. The van der Waals surface area contributed by atoms with Crippen LogP contribution in [0.1, 0.15) is 43.7 Å².